The van der Waals surface area contributed by atoms with Crippen LogP contribution in [0.15, 0.2) is 46.2 Å². The van der Waals surface area contributed by atoms with E-state index in [0.29, 0.717) is 23.7 Å². The summed E-state index contributed by atoms with van der Waals surface area (Å²) in [7, 11) is 0. The zero-order valence-electron chi connectivity index (χ0n) is 16.8. The molecule has 0 aliphatic heterocycles. The van der Waals surface area contributed by atoms with Crippen molar-refractivity contribution in [1.82, 2.24) is 30.5 Å². The molecule has 1 aliphatic carbocycles. The van der Waals surface area contributed by atoms with Crippen LogP contribution >= 0.6 is 0 Å². The molecule has 4 heterocycles. The summed E-state index contributed by atoms with van der Waals surface area (Å²) in [6, 6.07) is 4.57. The molecule has 4 N–H and O–H groups in total. The van der Waals surface area contributed by atoms with Crippen molar-refractivity contribution in [2.75, 3.05) is 6.54 Å². The Labute approximate surface area is 173 Å². The Morgan fingerprint density at radius 3 is 2.87 bits per heavy atom. The van der Waals surface area contributed by atoms with Crippen molar-refractivity contribution in [2.45, 2.75) is 38.6 Å². The molecule has 4 aromatic heterocycles. The van der Waals surface area contributed by atoms with Crippen LogP contribution in [0, 0.1) is 6.92 Å². The van der Waals surface area contributed by atoms with Crippen LogP contribution in [0.5, 0.6) is 0 Å². The van der Waals surface area contributed by atoms with Gasteiger partial charge in [0, 0.05) is 48.0 Å². The van der Waals surface area contributed by atoms with Crippen molar-refractivity contribution < 1.29 is 4.42 Å². The quantitative estimate of drug-likeness (QED) is 0.360. The number of rotatable bonds is 8. The van der Waals surface area contributed by atoms with Gasteiger partial charge in [0.1, 0.15) is 5.76 Å². The van der Waals surface area contributed by atoms with Gasteiger partial charge in [0.15, 0.2) is 0 Å². The monoisotopic (exact) mass is 404 g/mol. The molecule has 1 saturated carbocycles. The number of hydrogen-bond acceptors (Lipinski definition) is 5. The third-order valence-corrected chi connectivity index (χ3v) is 5.57. The molecule has 0 radical (unpaired) electrons. The Bertz CT molecular complexity index is 1200. The highest BCUT2D eigenvalue weighted by Gasteiger charge is 2.23. The average Bonchev–Trinajstić information content (AvgIpc) is 3.10. The Balaban J connectivity index is 1.52. The maximum atomic E-state index is 12.1. The first kappa shape index (κ1) is 18.6. The Kier molecular flexibility index (Phi) is 4.84. The van der Waals surface area contributed by atoms with Gasteiger partial charge in [0.25, 0.3) is 5.56 Å². The van der Waals surface area contributed by atoms with Gasteiger partial charge >= 0.3 is 0 Å². The van der Waals surface area contributed by atoms with Crippen molar-refractivity contribution in [1.29, 1.82) is 0 Å². The first-order valence-electron chi connectivity index (χ1n) is 10.2. The van der Waals surface area contributed by atoms with E-state index in [4.69, 9.17) is 4.42 Å². The lowest BCUT2D eigenvalue weighted by atomic mass is 10.00. The van der Waals surface area contributed by atoms with Gasteiger partial charge in [-0.3, -0.25) is 19.9 Å². The lowest BCUT2D eigenvalue weighted by molar-refractivity contribution is 0.580. The lowest BCUT2D eigenvalue weighted by Crippen LogP contribution is -2.19. The number of nitrogens with zero attached hydrogens (tertiary/aromatic N) is 2. The van der Waals surface area contributed by atoms with Crippen LogP contribution in [0.4, 0.5) is 0 Å². The van der Waals surface area contributed by atoms with Crippen LogP contribution in [0.25, 0.3) is 22.6 Å². The van der Waals surface area contributed by atoms with E-state index < -0.39 is 0 Å². The van der Waals surface area contributed by atoms with E-state index in [0.717, 1.165) is 41.4 Å². The molecule has 1 aliphatic rings. The highest BCUT2D eigenvalue weighted by atomic mass is 16.3. The van der Waals surface area contributed by atoms with Crippen LogP contribution < -0.4 is 10.9 Å². The Morgan fingerprint density at radius 2 is 2.13 bits per heavy atom. The summed E-state index contributed by atoms with van der Waals surface area (Å²) < 4.78 is 5.78. The molecule has 0 saturated heterocycles. The fourth-order valence-corrected chi connectivity index (χ4v) is 3.96. The zero-order chi connectivity index (χ0) is 20.5. The van der Waals surface area contributed by atoms with Gasteiger partial charge in [-0.1, -0.05) is 0 Å². The van der Waals surface area contributed by atoms with E-state index in [-0.39, 0.29) is 5.56 Å². The highest BCUT2D eigenvalue weighted by molar-refractivity contribution is 5.69. The summed E-state index contributed by atoms with van der Waals surface area (Å²) in [5, 5.41) is 8.89. The van der Waals surface area contributed by atoms with Gasteiger partial charge in [-0.2, -0.15) is 0 Å². The minimum absolute atomic E-state index is 0.211. The van der Waals surface area contributed by atoms with Crippen molar-refractivity contribution in [3.05, 3.63) is 70.0 Å². The standard InChI is InChI=1S/C22H24N6O2/c1-13-15(6-7-23-14-4-5-14)20(19-3-2-10-30-19)17(27-13)11-18-21(25-9-8-24-18)16-12-26-28-22(16)29/h2-3,8-10,12,14,23,27H,4-7,11H2,1H3,(H2,26,28,29). The van der Waals surface area contributed by atoms with Crippen LogP contribution in [0.2, 0.25) is 0 Å². The minimum Gasteiger partial charge on any atom is -0.464 e. The molecule has 0 aromatic carbocycles. The molecular formula is C22H24N6O2. The first-order chi connectivity index (χ1) is 14.7. The molecule has 8 nitrogen and oxygen atoms in total. The van der Waals surface area contributed by atoms with Crippen LogP contribution in [0.3, 0.4) is 0 Å². The van der Waals surface area contributed by atoms with Crippen LogP contribution in [-0.2, 0) is 12.8 Å². The van der Waals surface area contributed by atoms with Crippen LogP contribution in [0.1, 0.15) is 35.5 Å². The fourth-order valence-electron chi connectivity index (χ4n) is 3.96. The molecular weight excluding hydrogens is 380 g/mol. The predicted molar refractivity (Wildman–Crippen MR) is 113 cm³/mol. The minimum atomic E-state index is -0.211. The Morgan fingerprint density at radius 1 is 1.27 bits per heavy atom. The number of furan rings is 1. The topological polar surface area (TPSA) is 115 Å². The maximum Gasteiger partial charge on any atom is 0.273 e. The van der Waals surface area contributed by atoms with Gasteiger partial charge in [-0.05, 0) is 50.4 Å². The number of hydrogen-bond donors (Lipinski definition) is 4. The van der Waals surface area contributed by atoms with E-state index in [2.05, 4.69) is 37.4 Å². The maximum absolute atomic E-state index is 12.1. The number of H-pyrrole nitrogens is 3. The average molecular weight is 404 g/mol. The number of aromatic amines is 3. The van der Waals surface area contributed by atoms with Gasteiger partial charge in [0.2, 0.25) is 0 Å². The normalized spacial score (nSPS) is 13.8. The fraction of sp³-hybridized carbons (Fsp3) is 0.318. The van der Waals surface area contributed by atoms with E-state index >= 15 is 0 Å². The molecule has 8 heteroatoms. The van der Waals surface area contributed by atoms with Gasteiger partial charge in [0.05, 0.1) is 23.2 Å². The Hall–Kier alpha value is -3.39. The second kappa shape index (κ2) is 7.79. The first-order valence-corrected chi connectivity index (χ1v) is 10.2. The molecule has 0 unspecified atom stereocenters. The lowest BCUT2D eigenvalue weighted by Gasteiger charge is -2.08. The van der Waals surface area contributed by atoms with Gasteiger partial charge in [-0.15, -0.1) is 0 Å². The number of nitrogens with one attached hydrogen (secondary N) is 4. The highest BCUT2D eigenvalue weighted by Crippen LogP contribution is 2.33. The predicted octanol–water partition coefficient (Wildman–Crippen LogP) is 2.94. The molecule has 0 atom stereocenters. The van der Waals surface area contributed by atoms with Gasteiger partial charge in [-0.25, -0.2) is 0 Å². The molecule has 0 amide bonds. The van der Waals surface area contributed by atoms with Crippen molar-refractivity contribution >= 4 is 0 Å². The third kappa shape index (κ3) is 3.61. The number of aromatic nitrogens is 5. The van der Waals surface area contributed by atoms with Crippen LogP contribution in [-0.4, -0.2) is 37.7 Å². The second-order valence-corrected chi connectivity index (χ2v) is 7.72. The van der Waals surface area contributed by atoms with E-state index in [1.54, 1.807) is 24.9 Å². The van der Waals surface area contributed by atoms with Crippen molar-refractivity contribution in [2.24, 2.45) is 0 Å². The van der Waals surface area contributed by atoms with E-state index in [1.165, 1.54) is 18.4 Å². The molecule has 1 fully saturated rings. The summed E-state index contributed by atoms with van der Waals surface area (Å²) in [6.45, 7) is 3.03. The zero-order valence-corrected chi connectivity index (χ0v) is 16.8. The van der Waals surface area contributed by atoms with E-state index in [1.807, 2.05) is 12.1 Å². The summed E-state index contributed by atoms with van der Waals surface area (Å²) >= 11 is 0. The summed E-state index contributed by atoms with van der Waals surface area (Å²) in [4.78, 5) is 24.6. The molecule has 5 rings (SSSR count). The summed E-state index contributed by atoms with van der Waals surface area (Å²) in [5.41, 5.74) is 6.05. The molecule has 154 valence electrons. The molecule has 4 aromatic rings. The number of aryl methyl sites for hydroxylation is 1. The largest absolute Gasteiger partial charge is 0.464 e. The molecule has 30 heavy (non-hydrogen) atoms. The second-order valence-electron chi connectivity index (χ2n) is 7.72. The van der Waals surface area contributed by atoms with Gasteiger partial charge < -0.3 is 19.8 Å². The third-order valence-electron chi connectivity index (χ3n) is 5.57. The van der Waals surface area contributed by atoms with Crippen molar-refractivity contribution in [3.63, 3.8) is 0 Å². The van der Waals surface area contributed by atoms with E-state index in [9.17, 15) is 4.79 Å². The summed E-state index contributed by atoms with van der Waals surface area (Å²) in [5.74, 6) is 0.834. The van der Waals surface area contributed by atoms with Crippen molar-refractivity contribution in [3.8, 4) is 22.6 Å². The molecule has 0 bridgehead atoms. The summed E-state index contributed by atoms with van der Waals surface area (Å²) in [6.07, 6.45) is 10.6. The molecule has 0 spiro atoms. The smallest absolute Gasteiger partial charge is 0.273 e. The SMILES string of the molecule is Cc1[nH]c(Cc2nccnc2-c2c[nH][nH]c2=O)c(-c2ccco2)c1CCNC1CC1.